The Morgan fingerprint density at radius 1 is 1.36 bits per heavy atom. The van der Waals surface area contributed by atoms with Crippen molar-refractivity contribution in [2.24, 2.45) is 0 Å². The maximum Gasteiger partial charge on any atom is 0.124 e. The average molecular weight is 153 g/mol. The van der Waals surface area contributed by atoms with Crippen molar-refractivity contribution >= 4 is 5.69 Å². The van der Waals surface area contributed by atoms with Crippen molar-refractivity contribution < 1.29 is 4.39 Å². The molecule has 0 aromatic heterocycles. The molecule has 0 bridgehead atoms. The van der Waals surface area contributed by atoms with Crippen LogP contribution in [0.4, 0.5) is 10.1 Å². The maximum absolute atomic E-state index is 12.8. The van der Waals surface area contributed by atoms with Gasteiger partial charge in [-0.3, -0.25) is 0 Å². The summed E-state index contributed by atoms with van der Waals surface area (Å²) in [6, 6.07) is 7.38. The van der Waals surface area contributed by atoms with Gasteiger partial charge in [0, 0.05) is 18.3 Å². The summed E-state index contributed by atoms with van der Waals surface area (Å²) in [5, 5.41) is 2.94. The molecular formula is C9H12FN. The molecule has 0 radical (unpaired) electrons. The van der Waals surface area contributed by atoms with Crippen molar-refractivity contribution in [3.63, 3.8) is 0 Å². The van der Waals surface area contributed by atoms with Crippen LogP contribution in [0.1, 0.15) is 18.7 Å². The van der Waals surface area contributed by atoms with E-state index in [9.17, 15) is 4.39 Å². The van der Waals surface area contributed by atoms with Crippen LogP contribution in [0.25, 0.3) is 0 Å². The molecule has 0 saturated heterocycles. The van der Waals surface area contributed by atoms with E-state index in [1.165, 1.54) is 6.92 Å². The Kier molecular flexibility index (Phi) is 2.47. The molecule has 1 aromatic carbocycles. The number of para-hydroxylation sites is 1. The highest BCUT2D eigenvalue weighted by molar-refractivity contribution is 5.51. The Labute approximate surface area is 66.2 Å². The zero-order valence-electron chi connectivity index (χ0n) is 6.76. The predicted octanol–water partition coefficient (Wildman–Crippen LogP) is 2.76. The van der Waals surface area contributed by atoms with Crippen LogP contribution >= 0.6 is 0 Å². The van der Waals surface area contributed by atoms with Gasteiger partial charge in [0.2, 0.25) is 0 Å². The summed E-state index contributed by atoms with van der Waals surface area (Å²) in [7, 11) is 1.79. The molecule has 0 aliphatic heterocycles. The molecule has 0 aliphatic carbocycles. The molecule has 1 nitrogen and oxygen atoms in total. The summed E-state index contributed by atoms with van der Waals surface area (Å²) in [4.78, 5) is 0. The topological polar surface area (TPSA) is 12.0 Å². The first-order valence-electron chi connectivity index (χ1n) is 3.66. The molecule has 0 saturated carbocycles. The van der Waals surface area contributed by atoms with Crippen LogP contribution in [-0.4, -0.2) is 7.05 Å². The molecule has 0 aliphatic rings. The van der Waals surface area contributed by atoms with Crippen molar-refractivity contribution in [2.45, 2.75) is 13.1 Å². The zero-order valence-corrected chi connectivity index (χ0v) is 6.76. The zero-order chi connectivity index (χ0) is 8.27. The van der Waals surface area contributed by atoms with Gasteiger partial charge in [-0.25, -0.2) is 4.39 Å². The fourth-order valence-electron chi connectivity index (χ4n) is 1.07. The first kappa shape index (κ1) is 8.05. The van der Waals surface area contributed by atoms with E-state index >= 15 is 0 Å². The first-order chi connectivity index (χ1) is 5.25. The Bertz CT molecular complexity index is 233. The minimum atomic E-state index is -0.904. The van der Waals surface area contributed by atoms with Crippen molar-refractivity contribution in [3.05, 3.63) is 29.8 Å². The highest BCUT2D eigenvalue weighted by Crippen LogP contribution is 2.24. The number of benzene rings is 1. The second-order valence-electron chi connectivity index (χ2n) is 2.45. The Hall–Kier alpha value is -1.05. The lowest BCUT2D eigenvalue weighted by atomic mass is 10.1. The fraction of sp³-hybridized carbons (Fsp3) is 0.333. The van der Waals surface area contributed by atoms with Gasteiger partial charge < -0.3 is 5.32 Å². The van der Waals surface area contributed by atoms with Gasteiger partial charge in [-0.15, -0.1) is 0 Å². The van der Waals surface area contributed by atoms with Crippen LogP contribution < -0.4 is 5.32 Å². The predicted molar refractivity (Wildman–Crippen MR) is 45.5 cm³/mol. The van der Waals surface area contributed by atoms with Gasteiger partial charge in [-0.2, -0.15) is 0 Å². The van der Waals surface area contributed by atoms with Gasteiger partial charge >= 0.3 is 0 Å². The molecule has 60 valence electrons. The summed E-state index contributed by atoms with van der Waals surface area (Å²) < 4.78 is 12.8. The number of halogens is 1. The summed E-state index contributed by atoms with van der Waals surface area (Å²) in [6.07, 6.45) is -0.904. The van der Waals surface area contributed by atoms with Crippen molar-refractivity contribution in [3.8, 4) is 0 Å². The Morgan fingerprint density at radius 3 is 2.45 bits per heavy atom. The number of hydrogen-bond donors (Lipinski definition) is 1. The minimum Gasteiger partial charge on any atom is -0.388 e. The summed E-state index contributed by atoms with van der Waals surface area (Å²) >= 11 is 0. The normalized spacial score (nSPS) is 12.6. The van der Waals surface area contributed by atoms with E-state index in [1.54, 1.807) is 13.1 Å². The van der Waals surface area contributed by atoms with E-state index in [0.29, 0.717) is 0 Å². The lowest BCUT2D eigenvalue weighted by Crippen LogP contribution is -1.95. The largest absolute Gasteiger partial charge is 0.388 e. The monoisotopic (exact) mass is 153 g/mol. The quantitative estimate of drug-likeness (QED) is 0.688. The summed E-state index contributed by atoms with van der Waals surface area (Å²) in [5.74, 6) is 0. The van der Waals surface area contributed by atoms with Gasteiger partial charge in [0.15, 0.2) is 0 Å². The van der Waals surface area contributed by atoms with Crippen LogP contribution in [0.15, 0.2) is 24.3 Å². The number of nitrogens with one attached hydrogen (secondary N) is 1. The van der Waals surface area contributed by atoms with Crippen LogP contribution in [0, 0.1) is 0 Å². The van der Waals surface area contributed by atoms with Crippen LogP contribution in [-0.2, 0) is 0 Å². The van der Waals surface area contributed by atoms with Gasteiger partial charge in [0.25, 0.3) is 0 Å². The lowest BCUT2D eigenvalue weighted by Gasteiger charge is -2.08. The highest BCUT2D eigenvalue weighted by Gasteiger charge is 2.05. The van der Waals surface area contributed by atoms with Crippen LogP contribution in [0.3, 0.4) is 0 Å². The van der Waals surface area contributed by atoms with E-state index in [2.05, 4.69) is 5.32 Å². The number of hydrogen-bond acceptors (Lipinski definition) is 1. The molecule has 1 unspecified atom stereocenters. The molecule has 0 amide bonds. The second kappa shape index (κ2) is 3.37. The number of alkyl halides is 1. The van der Waals surface area contributed by atoms with E-state index < -0.39 is 6.17 Å². The average Bonchev–Trinajstić information content (AvgIpc) is 2.04. The molecule has 0 heterocycles. The van der Waals surface area contributed by atoms with Crippen molar-refractivity contribution in [1.82, 2.24) is 0 Å². The SMILES string of the molecule is CNc1ccccc1C(C)F. The number of anilines is 1. The van der Waals surface area contributed by atoms with Gasteiger partial charge in [-0.05, 0) is 13.0 Å². The molecule has 0 spiro atoms. The third kappa shape index (κ3) is 1.70. The molecule has 0 fully saturated rings. The van der Waals surface area contributed by atoms with E-state index in [-0.39, 0.29) is 0 Å². The molecule has 11 heavy (non-hydrogen) atoms. The van der Waals surface area contributed by atoms with Crippen molar-refractivity contribution in [2.75, 3.05) is 12.4 Å². The summed E-state index contributed by atoms with van der Waals surface area (Å²) in [6.45, 7) is 1.54. The van der Waals surface area contributed by atoms with E-state index in [0.717, 1.165) is 11.3 Å². The molecule has 2 heteroatoms. The van der Waals surface area contributed by atoms with Crippen molar-refractivity contribution in [1.29, 1.82) is 0 Å². The van der Waals surface area contributed by atoms with E-state index in [1.807, 2.05) is 18.2 Å². The van der Waals surface area contributed by atoms with Crippen LogP contribution in [0.2, 0.25) is 0 Å². The van der Waals surface area contributed by atoms with Gasteiger partial charge in [-0.1, -0.05) is 18.2 Å². The molecule has 1 rings (SSSR count). The highest BCUT2D eigenvalue weighted by atomic mass is 19.1. The van der Waals surface area contributed by atoms with Gasteiger partial charge in [0.1, 0.15) is 6.17 Å². The molecule has 1 atom stereocenters. The molecular weight excluding hydrogens is 141 g/mol. The standard InChI is InChI=1S/C9H12FN/c1-7(10)8-5-3-4-6-9(8)11-2/h3-7,11H,1-2H3. The minimum absolute atomic E-state index is 0.718. The molecule has 1 aromatic rings. The maximum atomic E-state index is 12.8. The second-order valence-corrected chi connectivity index (χ2v) is 2.45. The van der Waals surface area contributed by atoms with Gasteiger partial charge in [0.05, 0.1) is 0 Å². The third-order valence-electron chi connectivity index (χ3n) is 1.66. The first-order valence-corrected chi connectivity index (χ1v) is 3.66. The Morgan fingerprint density at radius 2 is 2.00 bits per heavy atom. The van der Waals surface area contributed by atoms with E-state index in [4.69, 9.17) is 0 Å². The fourth-order valence-corrected chi connectivity index (χ4v) is 1.07. The van der Waals surface area contributed by atoms with Crippen LogP contribution in [0.5, 0.6) is 0 Å². The Balaban J connectivity index is 3.02. The lowest BCUT2D eigenvalue weighted by molar-refractivity contribution is 0.375. The summed E-state index contributed by atoms with van der Waals surface area (Å²) in [5.41, 5.74) is 1.58. The molecule has 1 N–H and O–H groups in total. The third-order valence-corrected chi connectivity index (χ3v) is 1.66. The number of rotatable bonds is 2. The smallest absolute Gasteiger partial charge is 0.124 e.